The first-order valence-corrected chi connectivity index (χ1v) is 9.60. The van der Waals surface area contributed by atoms with Crippen molar-refractivity contribution in [3.8, 4) is 5.75 Å². The topological polar surface area (TPSA) is 66.0 Å². The van der Waals surface area contributed by atoms with Gasteiger partial charge in [-0.05, 0) is 41.5 Å². The molecule has 1 fully saturated rings. The number of guanidine groups is 1. The fourth-order valence-electron chi connectivity index (χ4n) is 3.06. The Balaban J connectivity index is 0.00000240. The number of piperazine rings is 1. The van der Waals surface area contributed by atoms with E-state index in [4.69, 9.17) is 16.3 Å². The molecule has 29 heavy (non-hydrogen) atoms. The fraction of sp³-hybridized carbons (Fsp3) is 0.238. The van der Waals surface area contributed by atoms with Gasteiger partial charge in [0.25, 0.3) is 5.91 Å². The van der Waals surface area contributed by atoms with E-state index in [1.165, 1.54) is 0 Å². The van der Waals surface area contributed by atoms with Gasteiger partial charge in [0.15, 0.2) is 0 Å². The third-order valence-electron chi connectivity index (χ3n) is 4.61. The lowest BCUT2D eigenvalue weighted by Crippen LogP contribution is -2.49. The van der Waals surface area contributed by atoms with Crippen LogP contribution in [0.4, 0.5) is 0 Å². The van der Waals surface area contributed by atoms with Gasteiger partial charge >= 0.3 is 0 Å². The van der Waals surface area contributed by atoms with Gasteiger partial charge in [-0.15, -0.1) is 12.4 Å². The van der Waals surface area contributed by atoms with Crippen molar-refractivity contribution in [1.82, 2.24) is 15.5 Å². The summed E-state index contributed by atoms with van der Waals surface area (Å²) in [5, 5.41) is 7.14. The highest BCUT2D eigenvalue weighted by molar-refractivity contribution is 6.30. The summed E-state index contributed by atoms with van der Waals surface area (Å²) < 4.78 is 5.79. The Morgan fingerprint density at radius 1 is 1.07 bits per heavy atom. The van der Waals surface area contributed by atoms with Crippen LogP contribution in [0.5, 0.6) is 5.75 Å². The zero-order valence-corrected chi connectivity index (χ0v) is 17.3. The summed E-state index contributed by atoms with van der Waals surface area (Å²) in [5.74, 6) is 1.16. The maximum Gasteiger partial charge on any atom is 0.296 e. The minimum atomic E-state index is -0.239. The molecule has 2 aromatic rings. The molecule has 0 saturated carbocycles. The molecule has 2 aliphatic heterocycles. The molecular formula is C21H22Cl2N4O2. The smallest absolute Gasteiger partial charge is 0.296 e. The van der Waals surface area contributed by atoms with Crippen molar-refractivity contribution < 1.29 is 9.53 Å². The number of rotatable bonds is 4. The van der Waals surface area contributed by atoms with Gasteiger partial charge in [-0.2, -0.15) is 4.99 Å². The van der Waals surface area contributed by atoms with Gasteiger partial charge in [-0.25, -0.2) is 0 Å². The molecule has 0 bridgehead atoms. The number of carbonyl (C=O) groups excluding carboxylic acids is 1. The number of halogens is 2. The number of carbonyl (C=O) groups is 1. The van der Waals surface area contributed by atoms with Crippen LogP contribution in [0.2, 0.25) is 5.02 Å². The molecule has 1 saturated heterocycles. The fourth-order valence-corrected chi connectivity index (χ4v) is 3.18. The van der Waals surface area contributed by atoms with Crippen molar-refractivity contribution in [3.05, 3.63) is 70.4 Å². The van der Waals surface area contributed by atoms with Crippen LogP contribution in [0, 0.1) is 0 Å². The van der Waals surface area contributed by atoms with E-state index in [0.29, 0.717) is 23.3 Å². The maximum atomic E-state index is 12.2. The van der Waals surface area contributed by atoms with Crippen molar-refractivity contribution >= 4 is 42.0 Å². The van der Waals surface area contributed by atoms with E-state index >= 15 is 0 Å². The number of nitrogens with one attached hydrogen (secondary N) is 2. The SMILES string of the molecule is Cl.O=C1N=C(N2CCNCC2)NC1=Cc1ccc(OCc2ccc(Cl)cc2)cc1. The quantitative estimate of drug-likeness (QED) is 0.726. The zero-order chi connectivity index (χ0) is 19.3. The normalized spacial score (nSPS) is 17.6. The van der Waals surface area contributed by atoms with E-state index in [9.17, 15) is 4.79 Å². The molecule has 8 heteroatoms. The van der Waals surface area contributed by atoms with Gasteiger partial charge in [-0.1, -0.05) is 35.9 Å². The number of aliphatic imine (C=N–C) groups is 1. The number of hydrogen-bond donors (Lipinski definition) is 2. The molecule has 0 aliphatic carbocycles. The number of hydrogen-bond acceptors (Lipinski definition) is 5. The minimum Gasteiger partial charge on any atom is -0.489 e. The van der Waals surface area contributed by atoms with Gasteiger partial charge in [-0.3, -0.25) is 4.79 Å². The Bertz CT molecular complexity index is 905. The molecule has 0 spiro atoms. The molecule has 152 valence electrons. The van der Waals surface area contributed by atoms with E-state index in [0.717, 1.165) is 43.1 Å². The molecule has 2 N–H and O–H groups in total. The van der Waals surface area contributed by atoms with Crippen LogP contribution in [0.3, 0.4) is 0 Å². The first kappa shape index (κ1) is 21.2. The van der Waals surface area contributed by atoms with Crippen LogP contribution in [-0.4, -0.2) is 42.9 Å². The lowest BCUT2D eigenvalue weighted by Gasteiger charge is -2.28. The predicted octanol–water partition coefficient (Wildman–Crippen LogP) is 3.07. The molecule has 2 aliphatic rings. The van der Waals surface area contributed by atoms with E-state index < -0.39 is 0 Å². The summed E-state index contributed by atoms with van der Waals surface area (Å²) in [6.07, 6.45) is 1.81. The third-order valence-corrected chi connectivity index (χ3v) is 4.86. The molecule has 4 rings (SSSR count). The molecule has 1 amide bonds. The Labute approximate surface area is 181 Å². The van der Waals surface area contributed by atoms with Crippen molar-refractivity contribution in [1.29, 1.82) is 0 Å². The molecule has 2 heterocycles. The highest BCUT2D eigenvalue weighted by atomic mass is 35.5. The van der Waals surface area contributed by atoms with Crippen molar-refractivity contribution in [2.45, 2.75) is 6.61 Å². The van der Waals surface area contributed by atoms with Crippen molar-refractivity contribution in [2.75, 3.05) is 26.2 Å². The standard InChI is InChI=1S/C21H21ClN4O2.ClH/c22-17-5-1-16(2-6-17)14-28-18-7-3-15(4-8-18)13-19-20(27)25-21(24-19)26-11-9-23-10-12-26;/h1-8,13,23H,9-12,14H2,(H,24,25,27);1H. The van der Waals surface area contributed by atoms with E-state index in [1.807, 2.05) is 54.6 Å². The molecule has 0 unspecified atom stereocenters. The number of benzene rings is 2. The highest BCUT2D eigenvalue weighted by Gasteiger charge is 2.25. The van der Waals surface area contributed by atoms with E-state index in [-0.39, 0.29) is 18.3 Å². The molecule has 2 aromatic carbocycles. The Morgan fingerprint density at radius 3 is 2.45 bits per heavy atom. The third kappa shape index (κ3) is 5.50. The largest absolute Gasteiger partial charge is 0.489 e. The van der Waals surface area contributed by atoms with Gasteiger partial charge in [0, 0.05) is 31.2 Å². The predicted molar refractivity (Wildman–Crippen MR) is 117 cm³/mol. The lowest BCUT2D eigenvalue weighted by molar-refractivity contribution is -0.114. The maximum absolute atomic E-state index is 12.2. The van der Waals surface area contributed by atoms with Gasteiger partial charge in [0.05, 0.1) is 0 Å². The van der Waals surface area contributed by atoms with Gasteiger partial charge < -0.3 is 20.3 Å². The van der Waals surface area contributed by atoms with Crippen LogP contribution in [-0.2, 0) is 11.4 Å². The van der Waals surface area contributed by atoms with Crippen LogP contribution in [0.1, 0.15) is 11.1 Å². The van der Waals surface area contributed by atoms with Crippen LogP contribution >= 0.6 is 24.0 Å². The average Bonchev–Trinajstić information content (AvgIpc) is 3.10. The Kier molecular flexibility index (Phi) is 7.14. The summed E-state index contributed by atoms with van der Waals surface area (Å²) >= 11 is 5.89. The van der Waals surface area contributed by atoms with Crippen LogP contribution in [0.25, 0.3) is 6.08 Å². The minimum absolute atomic E-state index is 0. The van der Waals surface area contributed by atoms with E-state index in [1.54, 1.807) is 0 Å². The number of nitrogens with zero attached hydrogens (tertiary/aromatic N) is 2. The second-order valence-electron chi connectivity index (χ2n) is 6.64. The highest BCUT2D eigenvalue weighted by Crippen LogP contribution is 2.18. The Hall–Kier alpha value is -2.54. The molecule has 0 aromatic heterocycles. The second kappa shape index (κ2) is 9.78. The van der Waals surface area contributed by atoms with E-state index in [2.05, 4.69) is 20.5 Å². The van der Waals surface area contributed by atoms with Crippen LogP contribution < -0.4 is 15.4 Å². The van der Waals surface area contributed by atoms with Gasteiger partial charge in [0.2, 0.25) is 5.96 Å². The zero-order valence-electron chi connectivity index (χ0n) is 15.7. The average molecular weight is 433 g/mol. The lowest BCUT2D eigenvalue weighted by atomic mass is 10.2. The summed E-state index contributed by atoms with van der Waals surface area (Å²) in [7, 11) is 0. The van der Waals surface area contributed by atoms with Crippen molar-refractivity contribution in [2.24, 2.45) is 4.99 Å². The summed E-state index contributed by atoms with van der Waals surface area (Å²) in [6, 6.07) is 15.2. The van der Waals surface area contributed by atoms with Crippen LogP contribution in [0.15, 0.2) is 59.2 Å². The molecule has 6 nitrogen and oxygen atoms in total. The number of ether oxygens (including phenoxy) is 1. The van der Waals surface area contributed by atoms with Crippen molar-refractivity contribution in [3.63, 3.8) is 0 Å². The summed E-state index contributed by atoms with van der Waals surface area (Å²) in [4.78, 5) is 18.4. The monoisotopic (exact) mass is 432 g/mol. The number of amides is 1. The first-order chi connectivity index (χ1) is 13.7. The Morgan fingerprint density at radius 2 is 1.76 bits per heavy atom. The molecule has 0 atom stereocenters. The van der Waals surface area contributed by atoms with Gasteiger partial charge in [0.1, 0.15) is 18.1 Å². The second-order valence-corrected chi connectivity index (χ2v) is 7.08. The molecule has 0 radical (unpaired) electrons. The molecular weight excluding hydrogens is 411 g/mol. The first-order valence-electron chi connectivity index (χ1n) is 9.22. The summed E-state index contributed by atoms with van der Waals surface area (Å²) in [5.41, 5.74) is 2.45. The summed E-state index contributed by atoms with van der Waals surface area (Å²) in [6.45, 7) is 3.94.